The van der Waals surface area contributed by atoms with Crippen LogP contribution in [-0.4, -0.2) is 69.3 Å². The summed E-state index contributed by atoms with van der Waals surface area (Å²) in [5, 5.41) is 26.8. The topological polar surface area (TPSA) is 132 Å². The number of hydrogen-bond acceptors (Lipinski definition) is 8. The number of carbonyl (C=O) groups excluding carboxylic acids is 1. The molecule has 0 bridgehead atoms. The van der Waals surface area contributed by atoms with Crippen molar-refractivity contribution in [3.05, 3.63) is 59.1 Å². The number of aliphatic carboxylic acids is 1. The van der Waals surface area contributed by atoms with Crippen LogP contribution in [0.15, 0.2) is 42.6 Å². The number of aryl methyl sites for hydroxylation is 1. The maximum absolute atomic E-state index is 14.3. The summed E-state index contributed by atoms with van der Waals surface area (Å²) in [6.45, 7) is 4.31. The molecule has 0 aliphatic carbocycles. The van der Waals surface area contributed by atoms with Gasteiger partial charge in [-0.15, -0.1) is 0 Å². The SMILES string of the molecule is Cc1nnc(-c2cc(Cl)ccc2F)cc1Nc1ccnc(NC(=O)CCN2CCNC(CC(=O)O)C2)c1. The normalized spacial score (nSPS) is 15.8. The Morgan fingerprint density at radius 2 is 2.08 bits per heavy atom. The number of carbonyl (C=O) groups is 2. The number of rotatable bonds is 9. The van der Waals surface area contributed by atoms with E-state index in [0.717, 1.165) is 6.54 Å². The van der Waals surface area contributed by atoms with E-state index in [1.54, 1.807) is 31.3 Å². The van der Waals surface area contributed by atoms with E-state index >= 15 is 0 Å². The van der Waals surface area contributed by atoms with Crippen molar-refractivity contribution in [2.24, 2.45) is 0 Å². The van der Waals surface area contributed by atoms with Crippen LogP contribution in [0.2, 0.25) is 5.02 Å². The van der Waals surface area contributed by atoms with E-state index in [1.807, 2.05) is 0 Å². The fraction of sp³-hybridized carbons (Fsp3) is 0.320. The quantitative estimate of drug-likeness (QED) is 0.330. The van der Waals surface area contributed by atoms with Gasteiger partial charge in [0.2, 0.25) is 5.91 Å². The van der Waals surface area contributed by atoms with E-state index in [1.165, 1.54) is 18.2 Å². The molecule has 0 radical (unpaired) electrons. The Morgan fingerprint density at radius 1 is 1.24 bits per heavy atom. The van der Waals surface area contributed by atoms with Crippen molar-refractivity contribution in [3.63, 3.8) is 0 Å². The first kappa shape index (κ1) is 26.4. The van der Waals surface area contributed by atoms with Gasteiger partial charge in [-0.2, -0.15) is 10.2 Å². The molecule has 4 rings (SSSR count). The van der Waals surface area contributed by atoms with Gasteiger partial charge in [0.1, 0.15) is 11.6 Å². The molecule has 1 amide bonds. The highest BCUT2D eigenvalue weighted by atomic mass is 35.5. The van der Waals surface area contributed by atoms with Gasteiger partial charge < -0.3 is 21.1 Å². The monoisotopic (exact) mass is 527 g/mol. The highest BCUT2D eigenvalue weighted by Gasteiger charge is 2.21. The minimum Gasteiger partial charge on any atom is -0.481 e. The lowest BCUT2D eigenvalue weighted by atomic mass is 10.1. The molecule has 2 aromatic heterocycles. The molecular formula is C25H27ClFN7O3. The zero-order chi connectivity index (χ0) is 26.4. The molecule has 1 saturated heterocycles. The van der Waals surface area contributed by atoms with E-state index in [-0.39, 0.29) is 30.4 Å². The maximum atomic E-state index is 14.3. The second kappa shape index (κ2) is 12.0. The summed E-state index contributed by atoms with van der Waals surface area (Å²) in [6, 6.07) is 9.21. The first-order chi connectivity index (χ1) is 17.8. The standard InChI is InChI=1S/C25H27ClFN7O3/c1-15-21(13-22(33-32-15)19-10-16(26)2-3-20(19)27)30-17-4-6-29-23(11-17)31-24(35)5-8-34-9-7-28-18(14-34)12-25(36)37/h2-4,6,10-11,13,18,28H,5,7-9,12,14H2,1H3,(H,36,37)(H2,29,30,31,33,35). The number of benzene rings is 1. The summed E-state index contributed by atoms with van der Waals surface area (Å²) in [5.41, 5.74) is 2.43. The number of carboxylic acid groups (broad SMARTS) is 1. The molecule has 4 N–H and O–H groups in total. The molecule has 3 aromatic rings. The van der Waals surface area contributed by atoms with Gasteiger partial charge in [-0.1, -0.05) is 11.6 Å². The molecule has 1 aliphatic rings. The smallest absolute Gasteiger partial charge is 0.304 e. The molecule has 1 fully saturated rings. The Morgan fingerprint density at radius 3 is 2.89 bits per heavy atom. The predicted octanol–water partition coefficient (Wildman–Crippen LogP) is 3.46. The second-order valence-corrected chi connectivity index (χ2v) is 9.19. The lowest BCUT2D eigenvalue weighted by Gasteiger charge is -2.32. The third-order valence-corrected chi connectivity index (χ3v) is 6.14. The number of pyridine rings is 1. The van der Waals surface area contributed by atoms with Crippen molar-refractivity contribution in [2.45, 2.75) is 25.8 Å². The Hall–Kier alpha value is -3.67. The molecule has 194 valence electrons. The Labute approximate surface area is 218 Å². The summed E-state index contributed by atoms with van der Waals surface area (Å²) in [6.07, 6.45) is 1.86. The second-order valence-electron chi connectivity index (χ2n) is 8.76. The van der Waals surface area contributed by atoms with Crippen LogP contribution in [-0.2, 0) is 9.59 Å². The molecule has 1 aromatic carbocycles. The van der Waals surface area contributed by atoms with Crippen LogP contribution in [0.1, 0.15) is 18.5 Å². The number of nitrogens with one attached hydrogen (secondary N) is 3. The highest BCUT2D eigenvalue weighted by molar-refractivity contribution is 6.30. The fourth-order valence-electron chi connectivity index (χ4n) is 4.05. The summed E-state index contributed by atoms with van der Waals surface area (Å²) < 4.78 is 14.3. The molecule has 12 heteroatoms. The Bertz CT molecular complexity index is 1290. The summed E-state index contributed by atoms with van der Waals surface area (Å²) in [7, 11) is 0. The summed E-state index contributed by atoms with van der Waals surface area (Å²) in [5.74, 6) is -1.12. The van der Waals surface area contributed by atoms with Gasteiger partial charge in [0.25, 0.3) is 0 Å². The molecular weight excluding hydrogens is 501 g/mol. The van der Waals surface area contributed by atoms with E-state index < -0.39 is 11.8 Å². The van der Waals surface area contributed by atoms with E-state index in [2.05, 4.69) is 36.0 Å². The fourth-order valence-corrected chi connectivity index (χ4v) is 4.22. The van der Waals surface area contributed by atoms with Crippen LogP contribution >= 0.6 is 11.6 Å². The van der Waals surface area contributed by atoms with Crippen LogP contribution in [0.4, 0.5) is 21.6 Å². The maximum Gasteiger partial charge on any atom is 0.304 e. The third-order valence-electron chi connectivity index (χ3n) is 5.91. The molecule has 10 nitrogen and oxygen atoms in total. The van der Waals surface area contributed by atoms with Crippen molar-refractivity contribution in [1.82, 2.24) is 25.4 Å². The molecule has 3 heterocycles. The number of halogens is 2. The molecule has 0 saturated carbocycles. The van der Waals surface area contributed by atoms with Crippen molar-refractivity contribution in [3.8, 4) is 11.3 Å². The van der Waals surface area contributed by atoms with Crippen molar-refractivity contribution in [1.29, 1.82) is 0 Å². The predicted molar refractivity (Wildman–Crippen MR) is 138 cm³/mol. The summed E-state index contributed by atoms with van der Waals surface area (Å²) in [4.78, 5) is 29.8. The van der Waals surface area contributed by atoms with E-state index in [4.69, 9.17) is 16.7 Å². The zero-order valence-corrected chi connectivity index (χ0v) is 20.9. The summed E-state index contributed by atoms with van der Waals surface area (Å²) >= 11 is 6.02. The number of anilines is 3. The zero-order valence-electron chi connectivity index (χ0n) is 20.2. The van der Waals surface area contributed by atoms with Gasteiger partial charge >= 0.3 is 5.97 Å². The van der Waals surface area contributed by atoms with E-state index in [0.29, 0.717) is 53.2 Å². The van der Waals surface area contributed by atoms with Crippen LogP contribution in [0.25, 0.3) is 11.3 Å². The van der Waals surface area contributed by atoms with Crippen molar-refractivity contribution >= 4 is 40.7 Å². The van der Waals surface area contributed by atoms with Crippen LogP contribution < -0.4 is 16.0 Å². The average molecular weight is 528 g/mol. The Balaban J connectivity index is 1.37. The number of aromatic nitrogens is 3. The van der Waals surface area contributed by atoms with Crippen LogP contribution in [0.5, 0.6) is 0 Å². The van der Waals surface area contributed by atoms with Gasteiger partial charge in [-0.05, 0) is 37.3 Å². The largest absolute Gasteiger partial charge is 0.481 e. The third kappa shape index (κ3) is 7.42. The minimum atomic E-state index is -0.845. The molecule has 1 atom stereocenters. The van der Waals surface area contributed by atoms with Gasteiger partial charge in [-0.3, -0.25) is 14.5 Å². The van der Waals surface area contributed by atoms with Gasteiger partial charge in [-0.25, -0.2) is 9.37 Å². The highest BCUT2D eigenvalue weighted by Crippen LogP contribution is 2.28. The number of carboxylic acids is 1. The van der Waals surface area contributed by atoms with Crippen molar-refractivity contribution < 1.29 is 19.1 Å². The first-order valence-electron chi connectivity index (χ1n) is 11.8. The van der Waals surface area contributed by atoms with Gasteiger partial charge in [0, 0.05) is 67.2 Å². The van der Waals surface area contributed by atoms with Gasteiger partial charge in [0.05, 0.1) is 23.5 Å². The number of nitrogens with zero attached hydrogens (tertiary/aromatic N) is 4. The Kier molecular flexibility index (Phi) is 8.59. The lowest BCUT2D eigenvalue weighted by molar-refractivity contribution is -0.137. The van der Waals surface area contributed by atoms with Crippen LogP contribution in [0, 0.1) is 12.7 Å². The molecule has 1 aliphatic heterocycles. The first-order valence-corrected chi connectivity index (χ1v) is 12.1. The number of hydrogen-bond donors (Lipinski definition) is 4. The molecule has 1 unspecified atom stereocenters. The van der Waals surface area contributed by atoms with Crippen LogP contribution in [0.3, 0.4) is 0 Å². The van der Waals surface area contributed by atoms with Gasteiger partial charge in [0.15, 0.2) is 0 Å². The number of amides is 1. The average Bonchev–Trinajstić information content (AvgIpc) is 2.86. The lowest BCUT2D eigenvalue weighted by Crippen LogP contribution is -2.51. The van der Waals surface area contributed by atoms with E-state index in [9.17, 15) is 14.0 Å². The number of piperazine rings is 1. The minimum absolute atomic E-state index is 0.0500. The molecule has 0 spiro atoms. The molecule has 37 heavy (non-hydrogen) atoms. The van der Waals surface area contributed by atoms with Crippen molar-refractivity contribution in [2.75, 3.05) is 36.8 Å².